The second kappa shape index (κ2) is 13.5. The lowest BCUT2D eigenvalue weighted by Gasteiger charge is -2.28. The summed E-state index contributed by atoms with van der Waals surface area (Å²) in [5.74, 6) is -2.88. The predicted octanol–water partition coefficient (Wildman–Crippen LogP) is -0.526. The fourth-order valence-electron chi connectivity index (χ4n) is 2.42. The third-order valence-electron chi connectivity index (χ3n) is 4.74. The Balaban J connectivity index is 5.24. The summed E-state index contributed by atoms with van der Waals surface area (Å²) in [5.41, 5.74) is 0. The van der Waals surface area contributed by atoms with Crippen molar-refractivity contribution in [1.82, 2.24) is 21.3 Å². The van der Waals surface area contributed by atoms with Crippen LogP contribution in [-0.4, -0.2) is 61.9 Å². The smallest absolute Gasteiger partial charge is 0.325 e. The highest BCUT2D eigenvalue weighted by molar-refractivity contribution is 5.94. The van der Waals surface area contributed by atoms with Gasteiger partial charge in [-0.15, -0.1) is 0 Å². The average Bonchev–Trinajstić information content (AvgIpc) is 2.70. The van der Waals surface area contributed by atoms with Gasteiger partial charge in [-0.05, 0) is 11.8 Å². The number of hydrogen-bond acceptors (Lipinski definition) is 6. The van der Waals surface area contributed by atoms with Gasteiger partial charge in [0.2, 0.25) is 23.6 Å². The van der Waals surface area contributed by atoms with Crippen molar-refractivity contribution in [3.05, 3.63) is 0 Å². The summed E-state index contributed by atoms with van der Waals surface area (Å²) >= 11 is 0. The normalized spacial score (nSPS) is 14.6. The molecule has 0 aliphatic heterocycles. The van der Waals surface area contributed by atoms with Crippen LogP contribution in [0.5, 0.6) is 0 Å². The maximum Gasteiger partial charge on any atom is 0.325 e. The molecule has 4 N–H and O–H groups in total. The number of hydrogen-bond donors (Lipinski definition) is 4. The Bertz CT molecular complexity index is 595. The van der Waals surface area contributed by atoms with E-state index >= 15 is 0 Å². The van der Waals surface area contributed by atoms with E-state index in [4.69, 9.17) is 0 Å². The Morgan fingerprint density at radius 2 is 1.31 bits per heavy atom. The molecule has 0 spiro atoms. The van der Waals surface area contributed by atoms with E-state index < -0.39 is 35.8 Å². The molecule has 0 fully saturated rings. The highest BCUT2D eigenvalue weighted by Gasteiger charge is 2.32. The van der Waals surface area contributed by atoms with Crippen LogP contribution < -0.4 is 21.3 Å². The summed E-state index contributed by atoms with van der Waals surface area (Å²) in [6, 6.07) is -1.75. The molecule has 166 valence electrons. The van der Waals surface area contributed by atoms with Gasteiger partial charge in [-0.2, -0.15) is 0 Å². The van der Waals surface area contributed by atoms with Crippen LogP contribution in [0.1, 0.15) is 47.5 Å². The zero-order chi connectivity index (χ0) is 22.6. The molecule has 4 amide bonds. The molecule has 0 saturated heterocycles. The van der Waals surface area contributed by atoms with Gasteiger partial charge in [0.05, 0.1) is 13.7 Å². The van der Waals surface area contributed by atoms with Crippen molar-refractivity contribution >= 4 is 29.6 Å². The van der Waals surface area contributed by atoms with Crippen LogP contribution in [0.3, 0.4) is 0 Å². The first-order valence-electron chi connectivity index (χ1n) is 9.75. The molecule has 10 nitrogen and oxygen atoms in total. The minimum Gasteiger partial charge on any atom is -0.468 e. The van der Waals surface area contributed by atoms with Crippen LogP contribution in [-0.2, 0) is 28.7 Å². The molecule has 10 heteroatoms. The Labute approximate surface area is 171 Å². The standard InChI is InChI=1S/C19H34N4O6/c1-7-11(3)16(18(27)21-10-15(26)29-6)23-19(28)17(12(4)8-2)22-14(25)9-20-13(5)24/h11-12,16-17H,7-10H2,1-6H3,(H,20,24)(H,21,27)(H,22,25)(H,23,28)/t11-,12-,16-,17-/m0/s1. The minimum atomic E-state index is -0.879. The van der Waals surface area contributed by atoms with Crippen LogP contribution in [0.25, 0.3) is 0 Å². The largest absolute Gasteiger partial charge is 0.468 e. The lowest BCUT2D eigenvalue weighted by Crippen LogP contribution is -2.58. The van der Waals surface area contributed by atoms with E-state index in [0.717, 1.165) is 0 Å². The van der Waals surface area contributed by atoms with Gasteiger partial charge in [0, 0.05) is 6.92 Å². The molecule has 29 heavy (non-hydrogen) atoms. The minimum absolute atomic E-state index is 0.202. The monoisotopic (exact) mass is 414 g/mol. The number of esters is 1. The highest BCUT2D eigenvalue weighted by atomic mass is 16.5. The van der Waals surface area contributed by atoms with E-state index in [1.807, 2.05) is 13.8 Å². The third-order valence-corrected chi connectivity index (χ3v) is 4.74. The maximum atomic E-state index is 12.9. The molecule has 0 rings (SSSR count). The number of carbonyl (C=O) groups is 5. The van der Waals surface area contributed by atoms with Crippen LogP contribution in [0, 0.1) is 11.8 Å². The Hall–Kier alpha value is -2.65. The lowest BCUT2D eigenvalue weighted by atomic mass is 9.95. The number of nitrogens with one attached hydrogen (secondary N) is 4. The van der Waals surface area contributed by atoms with Crippen molar-refractivity contribution in [3.63, 3.8) is 0 Å². The Morgan fingerprint density at radius 3 is 1.76 bits per heavy atom. The zero-order valence-corrected chi connectivity index (χ0v) is 18.1. The summed E-state index contributed by atoms with van der Waals surface area (Å²) in [7, 11) is 1.21. The summed E-state index contributed by atoms with van der Waals surface area (Å²) in [6.45, 7) is 8.09. The number of amides is 4. The molecule has 0 aliphatic carbocycles. The number of methoxy groups -OCH3 is 1. The van der Waals surface area contributed by atoms with Crippen molar-refractivity contribution in [2.45, 2.75) is 59.5 Å². The van der Waals surface area contributed by atoms with E-state index in [1.54, 1.807) is 13.8 Å². The van der Waals surface area contributed by atoms with Crippen molar-refractivity contribution in [1.29, 1.82) is 0 Å². The molecule has 4 atom stereocenters. The summed E-state index contributed by atoms with van der Waals surface area (Å²) in [6.07, 6.45) is 1.22. The van der Waals surface area contributed by atoms with Gasteiger partial charge < -0.3 is 26.0 Å². The van der Waals surface area contributed by atoms with Gasteiger partial charge in [-0.25, -0.2) is 0 Å². The first-order valence-corrected chi connectivity index (χ1v) is 9.75. The molecular formula is C19H34N4O6. The fraction of sp³-hybridized carbons (Fsp3) is 0.737. The van der Waals surface area contributed by atoms with Gasteiger partial charge in [-0.1, -0.05) is 40.5 Å². The molecular weight excluding hydrogens is 380 g/mol. The summed E-state index contributed by atoms with van der Waals surface area (Å²) < 4.78 is 4.50. The van der Waals surface area contributed by atoms with Crippen molar-refractivity contribution in [2.24, 2.45) is 11.8 Å². The molecule has 0 aliphatic rings. The lowest BCUT2D eigenvalue weighted by molar-refractivity contribution is -0.141. The van der Waals surface area contributed by atoms with E-state index in [1.165, 1.54) is 14.0 Å². The number of ether oxygens (including phenoxy) is 1. The second-order valence-corrected chi connectivity index (χ2v) is 7.01. The van der Waals surface area contributed by atoms with Gasteiger partial charge >= 0.3 is 5.97 Å². The predicted molar refractivity (Wildman–Crippen MR) is 106 cm³/mol. The van der Waals surface area contributed by atoms with Gasteiger partial charge in [-0.3, -0.25) is 24.0 Å². The first-order chi connectivity index (χ1) is 13.6. The van der Waals surface area contributed by atoms with Crippen LogP contribution in [0.4, 0.5) is 0 Å². The second-order valence-electron chi connectivity index (χ2n) is 7.01. The van der Waals surface area contributed by atoms with E-state index in [-0.39, 0.29) is 30.8 Å². The quantitative estimate of drug-likeness (QED) is 0.316. The Morgan fingerprint density at radius 1 is 0.793 bits per heavy atom. The van der Waals surface area contributed by atoms with Crippen LogP contribution in [0.2, 0.25) is 0 Å². The molecule has 0 unspecified atom stereocenters. The molecule has 0 bridgehead atoms. The average molecular weight is 415 g/mol. The first kappa shape index (κ1) is 26.4. The number of carbonyl (C=O) groups excluding carboxylic acids is 5. The summed E-state index contributed by atoms with van der Waals surface area (Å²) in [5, 5.41) is 10.1. The molecule has 0 heterocycles. The van der Waals surface area contributed by atoms with Crippen molar-refractivity contribution in [3.8, 4) is 0 Å². The maximum absolute atomic E-state index is 12.9. The molecule has 0 aromatic heterocycles. The van der Waals surface area contributed by atoms with Crippen LogP contribution >= 0.6 is 0 Å². The number of rotatable bonds is 12. The van der Waals surface area contributed by atoms with E-state index in [2.05, 4.69) is 26.0 Å². The Kier molecular flexibility index (Phi) is 12.3. The highest BCUT2D eigenvalue weighted by Crippen LogP contribution is 2.12. The van der Waals surface area contributed by atoms with E-state index in [9.17, 15) is 24.0 Å². The molecule has 0 radical (unpaired) electrons. The van der Waals surface area contributed by atoms with Crippen LogP contribution in [0.15, 0.2) is 0 Å². The van der Waals surface area contributed by atoms with E-state index in [0.29, 0.717) is 12.8 Å². The molecule has 0 aromatic carbocycles. The van der Waals surface area contributed by atoms with Gasteiger partial charge in [0.25, 0.3) is 0 Å². The van der Waals surface area contributed by atoms with Gasteiger partial charge in [0.15, 0.2) is 0 Å². The fourth-order valence-corrected chi connectivity index (χ4v) is 2.42. The van der Waals surface area contributed by atoms with Crippen molar-refractivity contribution < 1.29 is 28.7 Å². The molecule has 0 saturated carbocycles. The third kappa shape index (κ3) is 9.91. The topological polar surface area (TPSA) is 143 Å². The zero-order valence-electron chi connectivity index (χ0n) is 18.1. The SMILES string of the molecule is CC[C@H](C)[C@H](NC(=O)CNC(C)=O)C(=O)N[C@H](C(=O)NCC(=O)OC)[C@@H](C)CC. The molecule has 0 aromatic rings. The van der Waals surface area contributed by atoms with Gasteiger partial charge in [0.1, 0.15) is 18.6 Å². The van der Waals surface area contributed by atoms with Crippen molar-refractivity contribution in [2.75, 3.05) is 20.2 Å². The summed E-state index contributed by atoms with van der Waals surface area (Å²) in [4.78, 5) is 59.7.